The minimum absolute atomic E-state index is 0.157. The van der Waals surface area contributed by atoms with E-state index >= 15 is 0 Å². The largest absolute Gasteiger partial charge is 0.444 e. The lowest BCUT2D eigenvalue weighted by atomic mass is 9.84. The maximum Gasteiger partial charge on any atom is 0.410 e. The van der Waals surface area contributed by atoms with E-state index in [1.165, 1.54) is 19.3 Å². The molecule has 0 radical (unpaired) electrons. The molecule has 1 saturated heterocycles. The highest BCUT2D eigenvalue weighted by molar-refractivity contribution is 5.68. The molecule has 1 aliphatic carbocycles. The summed E-state index contributed by atoms with van der Waals surface area (Å²) in [5.74, 6) is 0.656. The van der Waals surface area contributed by atoms with Crippen LogP contribution >= 0.6 is 0 Å². The van der Waals surface area contributed by atoms with E-state index in [4.69, 9.17) is 10.5 Å². The summed E-state index contributed by atoms with van der Waals surface area (Å²) in [5.41, 5.74) is 5.69. The summed E-state index contributed by atoms with van der Waals surface area (Å²) in [7, 11) is 0. The van der Waals surface area contributed by atoms with Crippen molar-refractivity contribution >= 4 is 6.09 Å². The van der Waals surface area contributed by atoms with E-state index < -0.39 is 5.60 Å². The second-order valence-corrected chi connectivity index (χ2v) is 7.00. The summed E-state index contributed by atoms with van der Waals surface area (Å²) in [6, 6.07) is 0. The maximum atomic E-state index is 12.0. The number of hydrogen-bond donors (Lipinski definition) is 1. The second kappa shape index (κ2) is 4.72. The Balaban J connectivity index is 1.91. The van der Waals surface area contributed by atoms with E-state index in [1.807, 2.05) is 25.7 Å². The molecule has 1 amide bonds. The molecule has 0 aromatic carbocycles. The van der Waals surface area contributed by atoms with E-state index in [-0.39, 0.29) is 6.09 Å². The van der Waals surface area contributed by atoms with Crippen LogP contribution < -0.4 is 5.73 Å². The number of nitrogens with two attached hydrogens (primary N) is 1. The zero-order valence-electron chi connectivity index (χ0n) is 11.9. The third-order valence-corrected chi connectivity index (χ3v) is 4.23. The number of rotatable bonds is 1. The summed E-state index contributed by atoms with van der Waals surface area (Å²) < 4.78 is 5.44. The maximum absolute atomic E-state index is 12.0. The number of likely N-dealkylation sites (tertiary alicyclic amines) is 1. The van der Waals surface area contributed by atoms with Gasteiger partial charge in [-0.2, -0.15) is 0 Å². The van der Waals surface area contributed by atoms with E-state index in [2.05, 4.69) is 0 Å². The topological polar surface area (TPSA) is 55.6 Å². The first-order valence-corrected chi connectivity index (χ1v) is 7.02. The Morgan fingerprint density at radius 2 is 2.17 bits per heavy atom. The van der Waals surface area contributed by atoms with Crippen molar-refractivity contribution in [1.29, 1.82) is 0 Å². The minimum Gasteiger partial charge on any atom is -0.444 e. The van der Waals surface area contributed by atoms with Crippen LogP contribution in [-0.2, 0) is 4.74 Å². The molecule has 2 fully saturated rings. The molecule has 2 atom stereocenters. The van der Waals surface area contributed by atoms with E-state index in [0.717, 1.165) is 26.1 Å². The molecule has 0 bridgehead atoms. The van der Waals surface area contributed by atoms with Gasteiger partial charge in [0.1, 0.15) is 5.60 Å². The first-order valence-electron chi connectivity index (χ1n) is 7.02. The van der Waals surface area contributed by atoms with E-state index in [0.29, 0.717) is 11.3 Å². The lowest BCUT2D eigenvalue weighted by Gasteiger charge is -2.27. The summed E-state index contributed by atoms with van der Waals surface area (Å²) in [5, 5.41) is 0. The Morgan fingerprint density at radius 1 is 1.44 bits per heavy atom. The average molecular weight is 254 g/mol. The van der Waals surface area contributed by atoms with Crippen molar-refractivity contribution in [3.05, 3.63) is 0 Å². The van der Waals surface area contributed by atoms with Crippen LogP contribution in [0.1, 0.15) is 46.5 Å². The van der Waals surface area contributed by atoms with Gasteiger partial charge in [-0.05, 0) is 64.3 Å². The Labute approximate surface area is 110 Å². The van der Waals surface area contributed by atoms with Crippen molar-refractivity contribution in [2.45, 2.75) is 52.1 Å². The molecule has 1 aliphatic heterocycles. The van der Waals surface area contributed by atoms with Crippen LogP contribution in [0.3, 0.4) is 0 Å². The highest BCUT2D eigenvalue weighted by Gasteiger charge is 2.45. The molecular formula is C14H26N2O2. The summed E-state index contributed by atoms with van der Waals surface area (Å²) in [4.78, 5) is 13.9. The van der Waals surface area contributed by atoms with Crippen LogP contribution in [0.4, 0.5) is 4.79 Å². The summed E-state index contributed by atoms with van der Waals surface area (Å²) in [6.45, 7) is 8.23. The number of nitrogens with zero attached hydrogens (tertiary/aromatic N) is 1. The highest BCUT2D eigenvalue weighted by Crippen LogP contribution is 2.47. The van der Waals surface area contributed by atoms with Crippen molar-refractivity contribution in [3.8, 4) is 0 Å². The lowest BCUT2D eigenvalue weighted by molar-refractivity contribution is 0.0273. The number of amides is 1. The van der Waals surface area contributed by atoms with Gasteiger partial charge in [-0.15, -0.1) is 0 Å². The van der Waals surface area contributed by atoms with Gasteiger partial charge in [-0.1, -0.05) is 0 Å². The fourth-order valence-electron chi connectivity index (χ4n) is 3.32. The van der Waals surface area contributed by atoms with Crippen LogP contribution in [-0.4, -0.2) is 36.2 Å². The SMILES string of the molecule is CC(C)(C)OC(=O)N1CC[C@]2(CC[C@H](CN)C2)C1. The molecule has 18 heavy (non-hydrogen) atoms. The number of carbonyl (C=O) groups is 1. The minimum atomic E-state index is -0.400. The molecule has 1 saturated carbocycles. The van der Waals surface area contributed by atoms with E-state index in [9.17, 15) is 4.79 Å². The predicted molar refractivity (Wildman–Crippen MR) is 71.3 cm³/mol. The zero-order valence-corrected chi connectivity index (χ0v) is 11.9. The zero-order chi connectivity index (χ0) is 13.4. The molecule has 0 aromatic heterocycles. The molecule has 2 aliphatic rings. The average Bonchev–Trinajstić information content (AvgIpc) is 2.84. The molecule has 4 nitrogen and oxygen atoms in total. The quantitative estimate of drug-likeness (QED) is 0.781. The van der Waals surface area contributed by atoms with Gasteiger partial charge >= 0.3 is 6.09 Å². The second-order valence-electron chi connectivity index (χ2n) is 7.00. The van der Waals surface area contributed by atoms with Crippen molar-refractivity contribution in [2.75, 3.05) is 19.6 Å². The Morgan fingerprint density at radius 3 is 2.72 bits per heavy atom. The van der Waals surface area contributed by atoms with E-state index in [1.54, 1.807) is 0 Å². The van der Waals surface area contributed by atoms with Crippen LogP contribution in [0.25, 0.3) is 0 Å². The Kier molecular flexibility index (Phi) is 3.58. The normalized spacial score (nSPS) is 32.2. The molecule has 2 rings (SSSR count). The Bertz CT molecular complexity index is 324. The van der Waals surface area contributed by atoms with Gasteiger partial charge < -0.3 is 15.4 Å². The first kappa shape index (κ1) is 13.7. The smallest absolute Gasteiger partial charge is 0.410 e. The monoisotopic (exact) mass is 254 g/mol. The fourth-order valence-corrected chi connectivity index (χ4v) is 3.32. The first-order chi connectivity index (χ1) is 8.34. The van der Waals surface area contributed by atoms with Gasteiger partial charge in [0, 0.05) is 13.1 Å². The number of hydrogen-bond acceptors (Lipinski definition) is 3. The standard InChI is InChI=1S/C14H26N2O2/c1-13(2,3)18-12(17)16-7-6-14(10-16)5-4-11(8-14)9-15/h11H,4-10,15H2,1-3H3/t11-,14-/m0/s1. The third-order valence-electron chi connectivity index (χ3n) is 4.23. The molecule has 0 unspecified atom stereocenters. The molecular weight excluding hydrogens is 228 g/mol. The van der Waals surface area contributed by atoms with Crippen LogP contribution in [0.2, 0.25) is 0 Å². The van der Waals surface area contributed by atoms with Gasteiger partial charge in [-0.25, -0.2) is 4.79 Å². The van der Waals surface area contributed by atoms with Crippen molar-refractivity contribution < 1.29 is 9.53 Å². The number of ether oxygens (including phenoxy) is 1. The van der Waals surface area contributed by atoms with Crippen LogP contribution in [0.5, 0.6) is 0 Å². The molecule has 1 spiro atoms. The van der Waals surface area contributed by atoms with Gasteiger partial charge in [-0.3, -0.25) is 0 Å². The third kappa shape index (κ3) is 2.97. The summed E-state index contributed by atoms with van der Waals surface area (Å²) in [6.07, 6.45) is 4.58. The molecule has 2 N–H and O–H groups in total. The van der Waals surface area contributed by atoms with Gasteiger partial charge in [0.2, 0.25) is 0 Å². The van der Waals surface area contributed by atoms with Gasteiger partial charge in [0.05, 0.1) is 0 Å². The van der Waals surface area contributed by atoms with Crippen molar-refractivity contribution in [2.24, 2.45) is 17.1 Å². The molecule has 0 aromatic rings. The highest BCUT2D eigenvalue weighted by atomic mass is 16.6. The lowest BCUT2D eigenvalue weighted by Crippen LogP contribution is -2.36. The van der Waals surface area contributed by atoms with Gasteiger partial charge in [0.15, 0.2) is 0 Å². The Hall–Kier alpha value is -0.770. The molecule has 4 heteroatoms. The molecule has 1 heterocycles. The van der Waals surface area contributed by atoms with Crippen LogP contribution in [0.15, 0.2) is 0 Å². The van der Waals surface area contributed by atoms with Crippen molar-refractivity contribution in [3.63, 3.8) is 0 Å². The number of carbonyl (C=O) groups excluding carboxylic acids is 1. The van der Waals surface area contributed by atoms with Crippen LogP contribution in [0, 0.1) is 11.3 Å². The summed E-state index contributed by atoms with van der Waals surface area (Å²) >= 11 is 0. The molecule has 104 valence electrons. The van der Waals surface area contributed by atoms with Gasteiger partial charge in [0.25, 0.3) is 0 Å². The predicted octanol–water partition coefficient (Wildman–Crippen LogP) is 2.37. The van der Waals surface area contributed by atoms with Crippen molar-refractivity contribution in [1.82, 2.24) is 4.90 Å². The fraction of sp³-hybridized carbons (Fsp3) is 0.929.